The fourth-order valence-corrected chi connectivity index (χ4v) is 1.95. The van der Waals surface area contributed by atoms with Crippen LogP contribution in [0.1, 0.15) is 20.8 Å². The first-order valence-electron chi connectivity index (χ1n) is 5.45. The summed E-state index contributed by atoms with van der Waals surface area (Å²) in [6.07, 6.45) is 1.81. The SMILES string of the molecule is CN(CC(N)C(C)(C)C)Sc1ccccn1. The highest BCUT2D eigenvalue weighted by molar-refractivity contribution is 7.96. The van der Waals surface area contributed by atoms with E-state index in [-0.39, 0.29) is 11.5 Å². The highest BCUT2D eigenvalue weighted by Crippen LogP contribution is 2.22. The van der Waals surface area contributed by atoms with E-state index in [1.165, 1.54) is 0 Å². The normalized spacial score (nSPS) is 14.1. The van der Waals surface area contributed by atoms with Gasteiger partial charge in [0.2, 0.25) is 0 Å². The van der Waals surface area contributed by atoms with Gasteiger partial charge in [0.05, 0.1) is 0 Å². The van der Waals surface area contributed by atoms with Crippen molar-refractivity contribution in [2.75, 3.05) is 13.6 Å². The average Bonchev–Trinajstić information content (AvgIpc) is 2.17. The van der Waals surface area contributed by atoms with E-state index in [4.69, 9.17) is 5.73 Å². The molecule has 0 radical (unpaired) electrons. The summed E-state index contributed by atoms with van der Waals surface area (Å²) in [5.74, 6) is 0. The highest BCUT2D eigenvalue weighted by Gasteiger charge is 2.22. The summed E-state index contributed by atoms with van der Waals surface area (Å²) in [6.45, 7) is 7.34. The Morgan fingerprint density at radius 1 is 1.44 bits per heavy atom. The molecule has 1 aromatic rings. The predicted molar refractivity (Wildman–Crippen MR) is 70.2 cm³/mol. The molecule has 1 rings (SSSR count). The summed E-state index contributed by atoms with van der Waals surface area (Å²) in [5, 5.41) is 1.01. The van der Waals surface area contributed by atoms with Crippen LogP contribution in [0.15, 0.2) is 29.4 Å². The van der Waals surface area contributed by atoms with Gasteiger partial charge in [-0.15, -0.1) is 0 Å². The van der Waals surface area contributed by atoms with Crippen LogP contribution in [-0.2, 0) is 0 Å². The van der Waals surface area contributed by atoms with Crippen molar-refractivity contribution in [2.45, 2.75) is 31.8 Å². The van der Waals surface area contributed by atoms with Gasteiger partial charge in [-0.1, -0.05) is 26.8 Å². The van der Waals surface area contributed by atoms with Gasteiger partial charge in [-0.2, -0.15) is 0 Å². The van der Waals surface area contributed by atoms with Gasteiger partial charge in [-0.3, -0.25) is 0 Å². The lowest BCUT2D eigenvalue weighted by Gasteiger charge is -2.30. The summed E-state index contributed by atoms with van der Waals surface area (Å²) in [5.41, 5.74) is 6.27. The largest absolute Gasteiger partial charge is 0.326 e. The second kappa shape index (κ2) is 5.66. The van der Waals surface area contributed by atoms with Gasteiger partial charge in [-0.05, 0) is 36.5 Å². The van der Waals surface area contributed by atoms with Crippen LogP contribution < -0.4 is 5.73 Å². The third-order valence-electron chi connectivity index (χ3n) is 2.45. The van der Waals surface area contributed by atoms with Gasteiger partial charge in [0.1, 0.15) is 5.03 Å². The van der Waals surface area contributed by atoms with Crippen LogP contribution in [0, 0.1) is 5.41 Å². The molecule has 0 aliphatic rings. The van der Waals surface area contributed by atoms with Gasteiger partial charge >= 0.3 is 0 Å². The molecule has 16 heavy (non-hydrogen) atoms. The summed E-state index contributed by atoms with van der Waals surface area (Å²) in [6, 6.07) is 6.08. The molecule has 3 nitrogen and oxygen atoms in total. The van der Waals surface area contributed by atoms with Crippen LogP contribution in [0.4, 0.5) is 0 Å². The number of aromatic nitrogens is 1. The molecular weight excluding hydrogens is 218 g/mol. The molecule has 0 aliphatic carbocycles. The molecule has 0 saturated carbocycles. The average molecular weight is 239 g/mol. The zero-order valence-electron chi connectivity index (χ0n) is 10.5. The second-order valence-corrected chi connectivity index (χ2v) is 6.27. The minimum atomic E-state index is 0.138. The molecule has 1 atom stereocenters. The van der Waals surface area contributed by atoms with E-state index in [1.807, 2.05) is 25.2 Å². The maximum Gasteiger partial charge on any atom is 0.111 e. The fraction of sp³-hybridized carbons (Fsp3) is 0.583. The molecule has 0 saturated heterocycles. The lowest BCUT2D eigenvalue weighted by molar-refractivity contribution is 0.287. The van der Waals surface area contributed by atoms with E-state index in [0.717, 1.165) is 11.6 Å². The Morgan fingerprint density at radius 3 is 2.62 bits per heavy atom. The molecule has 0 amide bonds. The third-order valence-corrected chi connectivity index (χ3v) is 3.34. The van der Waals surface area contributed by atoms with Gasteiger partial charge in [0, 0.05) is 18.8 Å². The molecule has 0 aromatic carbocycles. The molecule has 0 bridgehead atoms. The van der Waals surface area contributed by atoms with Gasteiger partial charge in [0.25, 0.3) is 0 Å². The van der Waals surface area contributed by atoms with Crippen molar-refractivity contribution in [3.63, 3.8) is 0 Å². The molecule has 4 heteroatoms. The Hall–Kier alpha value is -0.580. The molecule has 0 spiro atoms. The fourth-order valence-electron chi connectivity index (χ4n) is 1.15. The minimum absolute atomic E-state index is 0.138. The third kappa shape index (κ3) is 4.51. The molecule has 1 aromatic heterocycles. The van der Waals surface area contributed by atoms with E-state index < -0.39 is 0 Å². The summed E-state index contributed by atoms with van der Waals surface area (Å²) in [7, 11) is 2.05. The molecule has 2 N–H and O–H groups in total. The number of rotatable bonds is 4. The van der Waals surface area contributed by atoms with Crippen molar-refractivity contribution >= 4 is 11.9 Å². The number of pyridine rings is 1. The first-order valence-corrected chi connectivity index (χ1v) is 6.22. The molecule has 1 heterocycles. The van der Waals surface area contributed by atoms with Crippen molar-refractivity contribution in [1.82, 2.24) is 9.29 Å². The topological polar surface area (TPSA) is 42.1 Å². The minimum Gasteiger partial charge on any atom is -0.326 e. The van der Waals surface area contributed by atoms with Gasteiger partial charge in [0.15, 0.2) is 0 Å². The summed E-state index contributed by atoms with van der Waals surface area (Å²) >= 11 is 1.63. The molecular formula is C12H21N3S. The maximum absolute atomic E-state index is 6.13. The smallest absolute Gasteiger partial charge is 0.111 e. The summed E-state index contributed by atoms with van der Waals surface area (Å²) in [4.78, 5) is 4.27. The predicted octanol–water partition coefficient (Wildman–Crippen LogP) is 2.39. The Kier molecular flexibility index (Phi) is 4.77. The van der Waals surface area contributed by atoms with E-state index >= 15 is 0 Å². The van der Waals surface area contributed by atoms with Gasteiger partial charge in [-0.25, -0.2) is 9.29 Å². The highest BCUT2D eigenvalue weighted by atomic mass is 32.2. The van der Waals surface area contributed by atoms with E-state index in [0.29, 0.717) is 0 Å². The van der Waals surface area contributed by atoms with Gasteiger partial charge < -0.3 is 5.73 Å². The molecule has 1 unspecified atom stereocenters. The standard InChI is InChI=1S/C12H21N3S/c1-12(2,3)10(13)9-15(4)16-11-7-5-6-8-14-11/h5-8,10H,9,13H2,1-4H3. The maximum atomic E-state index is 6.13. The van der Waals surface area contributed by atoms with Crippen molar-refractivity contribution in [3.05, 3.63) is 24.4 Å². The van der Waals surface area contributed by atoms with Crippen LogP contribution in [0.2, 0.25) is 0 Å². The lowest BCUT2D eigenvalue weighted by atomic mass is 9.87. The van der Waals surface area contributed by atoms with E-state index in [2.05, 4.69) is 30.1 Å². The quantitative estimate of drug-likeness (QED) is 0.819. The van der Waals surface area contributed by atoms with Crippen LogP contribution in [0.3, 0.4) is 0 Å². The van der Waals surface area contributed by atoms with Crippen LogP contribution in [0.25, 0.3) is 0 Å². The zero-order valence-corrected chi connectivity index (χ0v) is 11.3. The zero-order chi connectivity index (χ0) is 12.2. The Labute approximate surface area is 103 Å². The van der Waals surface area contributed by atoms with E-state index in [9.17, 15) is 0 Å². The Morgan fingerprint density at radius 2 is 2.12 bits per heavy atom. The van der Waals surface area contributed by atoms with E-state index in [1.54, 1.807) is 18.1 Å². The molecule has 0 fully saturated rings. The van der Waals surface area contributed by atoms with Crippen molar-refractivity contribution in [3.8, 4) is 0 Å². The Balaban J connectivity index is 2.45. The van der Waals surface area contributed by atoms with Crippen molar-refractivity contribution < 1.29 is 0 Å². The number of nitrogens with zero attached hydrogens (tertiary/aromatic N) is 2. The monoisotopic (exact) mass is 239 g/mol. The van der Waals surface area contributed by atoms with Crippen LogP contribution in [-0.4, -0.2) is 28.9 Å². The number of hydrogen-bond donors (Lipinski definition) is 1. The van der Waals surface area contributed by atoms with Crippen molar-refractivity contribution in [2.24, 2.45) is 11.1 Å². The molecule has 90 valence electrons. The van der Waals surface area contributed by atoms with Crippen molar-refractivity contribution in [1.29, 1.82) is 0 Å². The number of hydrogen-bond acceptors (Lipinski definition) is 4. The first-order chi connectivity index (χ1) is 7.39. The number of nitrogens with two attached hydrogens (primary N) is 1. The Bertz CT molecular complexity index is 308. The second-order valence-electron chi connectivity index (χ2n) is 5.04. The number of likely N-dealkylation sites (N-methyl/N-ethyl adjacent to an activating group) is 1. The van der Waals surface area contributed by atoms with Crippen LogP contribution >= 0.6 is 11.9 Å². The molecule has 0 aliphatic heterocycles. The lowest BCUT2D eigenvalue weighted by Crippen LogP contribution is -2.42. The summed E-state index contributed by atoms with van der Waals surface area (Å²) < 4.78 is 2.14. The first kappa shape index (κ1) is 13.5. The van der Waals surface area contributed by atoms with Crippen LogP contribution in [0.5, 0.6) is 0 Å².